The van der Waals surface area contributed by atoms with Crippen molar-refractivity contribution in [2.75, 3.05) is 13.2 Å². The van der Waals surface area contributed by atoms with Gasteiger partial charge in [-0.1, -0.05) is 11.6 Å². The van der Waals surface area contributed by atoms with Crippen molar-refractivity contribution >= 4 is 40.2 Å². The number of halogens is 1. The lowest BCUT2D eigenvalue weighted by Crippen LogP contribution is -2.24. The van der Waals surface area contributed by atoms with Crippen molar-refractivity contribution in [2.24, 2.45) is 0 Å². The summed E-state index contributed by atoms with van der Waals surface area (Å²) in [7, 11) is 0. The Balaban J connectivity index is 2.14. The maximum Gasteiger partial charge on any atom is 0.263 e. The number of aliphatic hydroxyl groups excluding tert-OH is 1. The SMILES string of the molecule is Cc1nc(-c2ccc(Cl)s2)sc1C(=O)NCCCO. The molecule has 2 heterocycles. The summed E-state index contributed by atoms with van der Waals surface area (Å²) in [6, 6.07) is 3.72. The van der Waals surface area contributed by atoms with Crippen LogP contribution in [0.5, 0.6) is 0 Å². The molecule has 7 heteroatoms. The molecule has 0 bridgehead atoms. The van der Waals surface area contributed by atoms with Gasteiger partial charge in [-0.25, -0.2) is 4.98 Å². The molecule has 0 aliphatic carbocycles. The van der Waals surface area contributed by atoms with Gasteiger partial charge in [-0.05, 0) is 25.5 Å². The van der Waals surface area contributed by atoms with Gasteiger partial charge < -0.3 is 10.4 Å². The maximum atomic E-state index is 11.9. The van der Waals surface area contributed by atoms with Gasteiger partial charge in [0.15, 0.2) is 0 Å². The number of hydrogen-bond donors (Lipinski definition) is 2. The van der Waals surface area contributed by atoms with Crippen molar-refractivity contribution in [3.05, 3.63) is 27.0 Å². The number of nitrogens with zero attached hydrogens (tertiary/aromatic N) is 1. The van der Waals surface area contributed by atoms with E-state index in [0.29, 0.717) is 27.9 Å². The van der Waals surface area contributed by atoms with Crippen molar-refractivity contribution < 1.29 is 9.90 Å². The minimum atomic E-state index is -0.141. The first-order valence-electron chi connectivity index (χ1n) is 5.74. The zero-order valence-corrected chi connectivity index (χ0v) is 12.7. The average molecular weight is 317 g/mol. The van der Waals surface area contributed by atoms with E-state index < -0.39 is 0 Å². The number of amides is 1. The highest BCUT2D eigenvalue weighted by atomic mass is 35.5. The van der Waals surface area contributed by atoms with Crippen molar-refractivity contribution in [1.29, 1.82) is 0 Å². The largest absolute Gasteiger partial charge is 0.396 e. The Bertz CT molecular complexity index is 580. The molecule has 19 heavy (non-hydrogen) atoms. The Morgan fingerprint density at radius 3 is 2.89 bits per heavy atom. The predicted octanol–water partition coefficient (Wildman–Crippen LogP) is 2.95. The number of thiophene rings is 1. The molecule has 0 aromatic carbocycles. The second kappa shape index (κ2) is 6.47. The Morgan fingerprint density at radius 1 is 1.47 bits per heavy atom. The minimum Gasteiger partial charge on any atom is -0.396 e. The molecule has 0 aliphatic rings. The fraction of sp³-hybridized carbons (Fsp3) is 0.333. The van der Waals surface area contributed by atoms with Crippen molar-refractivity contribution in [3.8, 4) is 9.88 Å². The van der Waals surface area contributed by atoms with Crippen molar-refractivity contribution in [1.82, 2.24) is 10.3 Å². The van der Waals surface area contributed by atoms with Crippen LogP contribution in [-0.2, 0) is 0 Å². The van der Waals surface area contributed by atoms with Gasteiger partial charge in [0.25, 0.3) is 5.91 Å². The Kier molecular flexibility index (Phi) is 4.93. The molecule has 102 valence electrons. The third kappa shape index (κ3) is 3.54. The van der Waals surface area contributed by atoms with Crippen LogP contribution in [0.1, 0.15) is 21.8 Å². The first-order chi connectivity index (χ1) is 9.11. The number of aromatic nitrogens is 1. The van der Waals surface area contributed by atoms with E-state index in [1.54, 1.807) is 0 Å². The number of hydrogen-bond acceptors (Lipinski definition) is 5. The van der Waals surface area contributed by atoms with E-state index in [1.807, 2.05) is 19.1 Å². The molecule has 2 aromatic rings. The molecule has 0 saturated carbocycles. The standard InChI is InChI=1S/C12H13ClN2O2S2/c1-7-10(11(17)14-5-2-6-16)19-12(15-7)8-3-4-9(13)18-8/h3-4,16H,2,5-6H2,1H3,(H,14,17). The lowest BCUT2D eigenvalue weighted by atomic mass is 10.3. The summed E-state index contributed by atoms with van der Waals surface area (Å²) >= 11 is 8.70. The molecule has 4 nitrogen and oxygen atoms in total. The van der Waals surface area contributed by atoms with Gasteiger partial charge in [-0.2, -0.15) is 0 Å². The topological polar surface area (TPSA) is 62.2 Å². The van der Waals surface area contributed by atoms with E-state index in [1.165, 1.54) is 22.7 Å². The first-order valence-corrected chi connectivity index (χ1v) is 7.75. The molecule has 0 atom stereocenters. The molecule has 0 radical (unpaired) electrons. The maximum absolute atomic E-state index is 11.9. The van der Waals surface area contributed by atoms with Gasteiger partial charge in [-0.3, -0.25) is 4.79 Å². The lowest BCUT2D eigenvalue weighted by Gasteiger charge is -2.01. The molecule has 2 N–H and O–H groups in total. The molecular weight excluding hydrogens is 304 g/mol. The lowest BCUT2D eigenvalue weighted by molar-refractivity contribution is 0.0954. The summed E-state index contributed by atoms with van der Waals surface area (Å²) < 4.78 is 0.705. The van der Waals surface area contributed by atoms with Gasteiger partial charge in [0.2, 0.25) is 0 Å². The van der Waals surface area contributed by atoms with E-state index >= 15 is 0 Å². The molecule has 2 aromatic heterocycles. The number of thiazole rings is 1. The third-order valence-electron chi connectivity index (χ3n) is 2.41. The third-order valence-corrected chi connectivity index (χ3v) is 4.96. The predicted molar refractivity (Wildman–Crippen MR) is 79.2 cm³/mol. The van der Waals surface area contributed by atoms with Crippen LogP contribution in [0, 0.1) is 6.92 Å². The molecule has 0 aliphatic heterocycles. The number of carbonyl (C=O) groups excluding carboxylic acids is 1. The molecular formula is C12H13ClN2O2S2. The summed E-state index contributed by atoms with van der Waals surface area (Å²) in [6.07, 6.45) is 0.553. The molecule has 2 rings (SSSR count). The normalized spacial score (nSPS) is 10.7. The molecule has 0 fully saturated rings. The second-order valence-electron chi connectivity index (χ2n) is 3.87. The smallest absolute Gasteiger partial charge is 0.263 e. The number of aliphatic hydroxyl groups is 1. The van der Waals surface area contributed by atoms with Gasteiger partial charge in [0, 0.05) is 13.2 Å². The van der Waals surface area contributed by atoms with E-state index in [2.05, 4.69) is 10.3 Å². The van der Waals surface area contributed by atoms with E-state index in [9.17, 15) is 4.79 Å². The minimum absolute atomic E-state index is 0.0703. The molecule has 0 spiro atoms. The summed E-state index contributed by atoms with van der Waals surface area (Å²) in [5, 5.41) is 12.3. The summed E-state index contributed by atoms with van der Waals surface area (Å²) in [5.41, 5.74) is 0.714. The highest BCUT2D eigenvalue weighted by Gasteiger charge is 2.16. The number of nitrogens with one attached hydrogen (secondary N) is 1. The van der Waals surface area contributed by atoms with Crippen LogP contribution in [0.3, 0.4) is 0 Å². The molecule has 0 unspecified atom stereocenters. The monoisotopic (exact) mass is 316 g/mol. The van der Waals surface area contributed by atoms with Gasteiger partial charge >= 0.3 is 0 Å². The fourth-order valence-corrected chi connectivity index (χ4v) is 3.58. The summed E-state index contributed by atoms with van der Waals surface area (Å²) in [5.74, 6) is -0.141. The fourth-order valence-electron chi connectivity index (χ4n) is 1.50. The number of aryl methyl sites for hydroxylation is 1. The zero-order valence-electron chi connectivity index (χ0n) is 10.3. The Hall–Kier alpha value is -0.950. The van der Waals surface area contributed by atoms with E-state index in [4.69, 9.17) is 16.7 Å². The molecule has 1 amide bonds. The number of carbonyl (C=O) groups is 1. The Labute approximate surface area is 124 Å². The summed E-state index contributed by atoms with van der Waals surface area (Å²) in [6.45, 7) is 2.35. The van der Waals surface area contributed by atoms with Crippen LogP contribution in [0.4, 0.5) is 0 Å². The second-order valence-corrected chi connectivity index (χ2v) is 6.58. The zero-order chi connectivity index (χ0) is 13.8. The highest BCUT2D eigenvalue weighted by molar-refractivity contribution is 7.24. The van der Waals surface area contributed by atoms with E-state index in [0.717, 1.165) is 9.88 Å². The van der Waals surface area contributed by atoms with E-state index in [-0.39, 0.29) is 12.5 Å². The average Bonchev–Trinajstić information content (AvgIpc) is 2.95. The van der Waals surface area contributed by atoms with Crippen LogP contribution in [0.15, 0.2) is 12.1 Å². The quantitative estimate of drug-likeness (QED) is 0.834. The highest BCUT2D eigenvalue weighted by Crippen LogP contribution is 2.34. The van der Waals surface area contributed by atoms with Crippen LogP contribution < -0.4 is 5.32 Å². The van der Waals surface area contributed by atoms with Crippen molar-refractivity contribution in [2.45, 2.75) is 13.3 Å². The van der Waals surface area contributed by atoms with Gasteiger partial charge in [0.1, 0.15) is 9.88 Å². The first kappa shape index (κ1) is 14.5. The van der Waals surface area contributed by atoms with Crippen LogP contribution in [0.2, 0.25) is 4.34 Å². The van der Waals surface area contributed by atoms with Crippen LogP contribution >= 0.6 is 34.3 Å². The van der Waals surface area contributed by atoms with Crippen LogP contribution in [-0.4, -0.2) is 29.1 Å². The Morgan fingerprint density at radius 2 is 2.26 bits per heavy atom. The molecule has 0 saturated heterocycles. The van der Waals surface area contributed by atoms with Crippen molar-refractivity contribution in [3.63, 3.8) is 0 Å². The number of rotatable bonds is 5. The van der Waals surface area contributed by atoms with Gasteiger partial charge in [0.05, 0.1) is 14.9 Å². The van der Waals surface area contributed by atoms with Crippen LogP contribution in [0.25, 0.3) is 9.88 Å². The summed E-state index contributed by atoms with van der Waals surface area (Å²) in [4.78, 5) is 17.9. The van der Waals surface area contributed by atoms with Gasteiger partial charge in [-0.15, -0.1) is 22.7 Å².